The lowest BCUT2D eigenvalue weighted by Crippen LogP contribution is -2.61. The summed E-state index contributed by atoms with van der Waals surface area (Å²) < 4.78 is 46.0. The van der Waals surface area contributed by atoms with Gasteiger partial charge in [0.15, 0.2) is 0 Å². The van der Waals surface area contributed by atoms with Crippen molar-refractivity contribution >= 4 is 17.3 Å². The van der Waals surface area contributed by atoms with Crippen molar-refractivity contribution in [2.75, 3.05) is 43.1 Å². The zero-order valence-corrected chi connectivity index (χ0v) is 20.5. The van der Waals surface area contributed by atoms with E-state index in [1.165, 1.54) is 6.07 Å². The average Bonchev–Trinajstić information content (AvgIpc) is 2.92. The van der Waals surface area contributed by atoms with Crippen LogP contribution in [-0.2, 0) is 23.8 Å². The Morgan fingerprint density at radius 3 is 2.65 bits per heavy atom. The van der Waals surface area contributed by atoms with Crippen LogP contribution in [0.25, 0.3) is 0 Å². The third kappa shape index (κ3) is 5.21. The van der Waals surface area contributed by atoms with Gasteiger partial charge in [-0.3, -0.25) is 9.78 Å². The van der Waals surface area contributed by atoms with Crippen molar-refractivity contribution in [3.63, 3.8) is 0 Å². The second kappa shape index (κ2) is 10.3. The van der Waals surface area contributed by atoms with Gasteiger partial charge in [0.2, 0.25) is 5.91 Å². The number of nitrogens with one attached hydrogen (secondary N) is 1. The van der Waals surface area contributed by atoms with Gasteiger partial charge in [-0.05, 0) is 54.4 Å². The van der Waals surface area contributed by atoms with Crippen molar-refractivity contribution in [1.29, 1.82) is 0 Å². The van der Waals surface area contributed by atoms with Gasteiger partial charge in [-0.25, -0.2) is 0 Å². The molecule has 1 N–H and O–H groups in total. The zero-order chi connectivity index (χ0) is 26.0. The van der Waals surface area contributed by atoms with Gasteiger partial charge in [-0.2, -0.15) is 13.2 Å². The smallest absolute Gasteiger partial charge is 0.416 e. The number of amides is 1. The number of carbonyl (C=O) groups excluding carboxylic acids is 1. The van der Waals surface area contributed by atoms with E-state index in [2.05, 4.69) is 20.1 Å². The fraction of sp³-hybridized carbons (Fsp3) is 0.357. The van der Waals surface area contributed by atoms with Gasteiger partial charge in [0, 0.05) is 50.2 Å². The van der Waals surface area contributed by atoms with Crippen LogP contribution in [0.2, 0.25) is 0 Å². The largest absolute Gasteiger partial charge is 0.495 e. The molecule has 1 saturated heterocycles. The molecule has 9 heteroatoms. The number of ether oxygens (including phenoxy) is 1. The van der Waals surface area contributed by atoms with E-state index in [4.69, 9.17) is 4.74 Å². The topological polar surface area (TPSA) is 57.7 Å². The number of aromatic nitrogens is 1. The number of rotatable bonds is 6. The van der Waals surface area contributed by atoms with Crippen LogP contribution in [0.4, 0.5) is 24.5 Å². The molecule has 2 aliphatic rings. The first-order chi connectivity index (χ1) is 17.8. The lowest BCUT2D eigenvalue weighted by atomic mass is 9.82. The van der Waals surface area contributed by atoms with Crippen molar-refractivity contribution < 1.29 is 22.7 Å². The Kier molecular flexibility index (Phi) is 6.95. The Labute approximate surface area is 214 Å². The number of benzene rings is 2. The van der Waals surface area contributed by atoms with Gasteiger partial charge in [0.05, 0.1) is 30.3 Å². The van der Waals surface area contributed by atoms with E-state index in [0.717, 1.165) is 28.9 Å². The van der Waals surface area contributed by atoms with Crippen LogP contribution in [-0.4, -0.2) is 50.2 Å². The number of anilines is 2. The van der Waals surface area contributed by atoms with Crippen LogP contribution in [0.1, 0.15) is 16.8 Å². The minimum atomic E-state index is -4.44. The number of alkyl halides is 3. The van der Waals surface area contributed by atoms with Gasteiger partial charge in [0.1, 0.15) is 5.75 Å². The summed E-state index contributed by atoms with van der Waals surface area (Å²) in [5, 5.41) is 3.02. The number of halogens is 3. The van der Waals surface area contributed by atoms with Gasteiger partial charge < -0.3 is 19.9 Å². The number of hydrogen-bond donors (Lipinski definition) is 1. The summed E-state index contributed by atoms with van der Waals surface area (Å²) in [6.45, 7) is 2.20. The molecule has 2 aliphatic heterocycles. The van der Waals surface area contributed by atoms with Crippen molar-refractivity contribution in [3.05, 3.63) is 83.7 Å². The summed E-state index contributed by atoms with van der Waals surface area (Å²) in [7, 11) is 1.63. The Balaban J connectivity index is 1.42. The number of para-hydroxylation sites is 2. The summed E-state index contributed by atoms with van der Waals surface area (Å²) in [5.41, 5.74) is 2.45. The van der Waals surface area contributed by atoms with E-state index in [1.807, 2.05) is 42.5 Å². The molecule has 0 spiro atoms. The minimum Gasteiger partial charge on any atom is -0.495 e. The number of pyridine rings is 1. The molecule has 1 aromatic heterocycles. The Hall–Kier alpha value is -3.75. The Morgan fingerprint density at radius 2 is 1.89 bits per heavy atom. The molecule has 2 atom stereocenters. The van der Waals surface area contributed by atoms with Crippen LogP contribution in [0.15, 0.2) is 66.9 Å². The maximum absolute atomic E-state index is 13.5. The van der Waals surface area contributed by atoms with E-state index in [-0.39, 0.29) is 18.4 Å². The molecule has 3 heterocycles. The molecule has 1 amide bonds. The molecule has 2 aromatic carbocycles. The number of nitrogens with zero attached hydrogens (tertiary/aromatic N) is 3. The first-order valence-corrected chi connectivity index (χ1v) is 12.4. The lowest BCUT2D eigenvalue weighted by Gasteiger charge is -2.49. The predicted octanol–water partition coefficient (Wildman–Crippen LogP) is 4.34. The van der Waals surface area contributed by atoms with Crippen LogP contribution in [0.3, 0.4) is 0 Å². The molecule has 0 radical (unpaired) electrons. The molecule has 0 aliphatic carbocycles. The van der Waals surface area contributed by atoms with Crippen molar-refractivity contribution in [2.24, 2.45) is 5.92 Å². The monoisotopic (exact) mass is 510 g/mol. The van der Waals surface area contributed by atoms with E-state index in [9.17, 15) is 18.0 Å². The molecule has 3 aromatic rings. The summed E-state index contributed by atoms with van der Waals surface area (Å²) in [6, 6.07) is 17.1. The Bertz CT molecular complexity index is 1250. The number of fused-ring (bicyclic) bond motifs is 3. The predicted molar refractivity (Wildman–Crippen MR) is 136 cm³/mol. The van der Waals surface area contributed by atoms with Gasteiger partial charge >= 0.3 is 6.18 Å². The highest BCUT2D eigenvalue weighted by Gasteiger charge is 2.43. The highest BCUT2D eigenvalue weighted by atomic mass is 19.4. The first-order valence-electron chi connectivity index (χ1n) is 12.4. The highest BCUT2D eigenvalue weighted by Crippen LogP contribution is 2.41. The van der Waals surface area contributed by atoms with Crippen molar-refractivity contribution in [2.45, 2.75) is 25.1 Å². The quantitative estimate of drug-likeness (QED) is 0.535. The summed E-state index contributed by atoms with van der Waals surface area (Å²) in [4.78, 5) is 22.1. The van der Waals surface area contributed by atoms with E-state index in [1.54, 1.807) is 19.4 Å². The highest BCUT2D eigenvalue weighted by molar-refractivity contribution is 5.82. The summed E-state index contributed by atoms with van der Waals surface area (Å²) >= 11 is 0. The fourth-order valence-electron chi connectivity index (χ4n) is 5.40. The van der Waals surface area contributed by atoms with Crippen LogP contribution >= 0.6 is 0 Å². The summed E-state index contributed by atoms with van der Waals surface area (Å²) in [5.74, 6) is 0.0893. The van der Waals surface area contributed by atoms with Crippen LogP contribution in [0, 0.1) is 5.92 Å². The van der Waals surface area contributed by atoms with E-state index in [0.29, 0.717) is 38.2 Å². The molecule has 0 unspecified atom stereocenters. The molecule has 37 heavy (non-hydrogen) atoms. The van der Waals surface area contributed by atoms with Crippen molar-refractivity contribution in [3.8, 4) is 5.75 Å². The molecule has 0 bridgehead atoms. The number of piperazine rings is 1. The number of methoxy groups -OCH3 is 1. The molecule has 5 rings (SSSR count). The van der Waals surface area contributed by atoms with Crippen molar-refractivity contribution in [1.82, 2.24) is 10.3 Å². The standard InChI is InChI=1S/C28H29F3N4O2/c1-37-26-8-3-2-7-24(26)34-14-15-35-23-10-9-20(28(29,30)31)16-19(23)17-22(25(35)18-34)27(36)33-13-11-21-6-4-5-12-32-21/h2-10,12,16,22,25H,11,13-15,17-18H2,1H3,(H,33,36)/t22-,25-/m0/s1. The van der Waals surface area contributed by atoms with Gasteiger partial charge in [0.25, 0.3) is 0 Å². The molecule has 6 nitrogen and oxygen atoms in total. The molecular formula is C28H29F3N4O2. The molecular weight excluding hydrogens is 481 g/mol. The number of carbonyl (C=O) groups is 1. The summed E-state index contributed by atoms with van der Waals surface area (Å²) in [6.07, 6.45) is -1.90. The number of hydrogen-bond acceptors (Lipinski definition) is 5. The third-order valence-corrected chi connectivity index (χ3v) is 7.21. The maximum Gasteiger partial charge on any atom is 0.416 e. The van der Waals surface area contributed by atoms with Gasteiger partial charge in [-0.15, -0.1) is 0 Å². The second-order valence-corrected chi connectivity index (χ2v) is 9.39. The Morgan fingerprint density at radius 1 is 1.08 bits per heavy atom. The SMILES string of the molecule is COc1ccccc1N1CCN2c3ccc(C(F)(F)F)cc3C[C@H](C(=O)NCCc3ccccn3)[C@@H]2C1. The third-order valence-electron chi connectivity index (χ3n) is 7.21. The minimum absolute atomic E-state index is 0.157. The molecule has 194 valence electrons. The second-order valence-electron chi connectivity index (χ2n) is 9.39. The molecule has 1 fully saturated rings. The normalized spacial score (nSPS) is 19.1. The van der Waals surface area contributed by atoms with Gasteiger partial charge in [-0.1, -0.05) is 18.2 Å². The maximum atomic E-state index is 13.5. The van der Waals surface area contributed by atoms with Crippen LogP contribution < -0.4 is 19.9 Å². The lowest BCUT2D eigenvalue weighted by molar-refractivity contribution is -0.137. The van der Waals surface area contributed by atoms with E-state index < -0.39 is 17.7 Å². The van der Waals surface area contributed by atoms with E-state index >= 15 is 0 Å². The van der Waals surface area contributed by atoms with Crippen LogP contribution in [0.5, 0.6) is 5.75 Å². The molecule has 0 saturated carbocycles. The average molecular weight is 511 g/mol. The zero-order valence-electron chi connectivity index (χ0n) is 20.5. The first kappa shape index (κ1) is 24.9. The fourth-order valence-corrected chi connectivity index (χ4v) is 5.40.